The molecule has 0 saturated carbocycles. The molecule has 0 radical (unpaired) electrons. The third-order valence-electron chi connectivity index (χ3n) is 3.74. The van der Waals surface area contributed by atoms with Gasteiger partial charge < -0.3 is 9.64 Å². The van der Waals surface area contributed by atoms with Crippen LogP contribution in [-0.2, 0) is 0 Å². The molecule has 0 N–H and O–H groups in total. The Hall–Kier alpha value is -2.29. The monoisotopic (exact) mass is 361 g/mol. The summed E-state index contributed by atoms with van der Waals surface area (Å²) < 4.78 is 5.77. The Balaban J connectivity index is 1.67. The number of hydrogen-bond donors (Lipinski definition) is 0. The van der Waals surface area contributed by atoms with Crippen molar-refractivity contribution >= 4 is 29.1 Å². The zero-order valence-electron chi connectivity index (χ0n) is 12.6. The lowest BCUT2D eigenvalue weighted by Crippen LogP contribution is -2.31. The molecule has 2 aromatic rings. The minimum Gasteiger partial charge on any atom is -0.472 e. The first-order valence-electron chi connectivity index (χ1n) is 7.34. The predicted molar refractivity (Wildman–Crippen MR) is 90.4 cm³/mol. The minimum atomic E-state index is -0.174. The minimum absolute atomic E-state index is 0.173. The molecule has 7 heteroatoms. The molecule has 1 fully saturated rings. The molecule has 0 bridgehead atoms. The van der Waals surface area contributed by atoms with E-state index in [1.54, 1.807) is 35.2 Å². The van der Waals surface area contributed by atoms with E-state index in [1.165, 1.54) is 6.20 Å². The van der Waals surface area contributed by atoms with Crippen molar-refractivity contribution in [2.45, 2.75) is 12.5 Å². The summed E-state index contributed by atoms with van der Waals surface area (Å²) in [5.41, 5.74) is 0.867. The maximum Gasteiger partial charge on any atom is 0.255 e. The molecule has 0 spiro atoms. The molecule has 1 saturated heterocycles. The number of aromatic nitrogens is 1. The van der Waals surface area contributed by atoms with Gasteiger partial charge >= 0.3 is 0 Å². The zero-order chi connectivity index (χ0) is 17.1. The summed E-state index contributed by atoms with van der Waals surface area (Å²) in [5, 5.41) is 9.74. The quantitative estimate of drug-likeness (QED) is 0.838. The largest absolute Gasteiger partial charge is 0.472 e. The second-order valence-corrected chi connectivity index (χ2v) is 6.24. The lowest BCUT2D eigenvalue weighted by Gasteiger charge is -2.18. The van der Waals surface area contributed by atoms with E-state index in [0.717, 1.165) is 0 Å². The van der Waals surface area contributed by atoms with Crippen LogP contribution in [0.2, 0.25) is 10.0 Å². The van der Waals surface area contributed by atoms with E-state index >= 15 is 0 Å². The summed E-state index contributed by atoms with van der Waals surface area (Å²) in [6.07, 6.45) is 2.04. The molecule has 0 aliphatic carbocycles. The number of hydrogen-bond acceptors (Lipinski definition) is 4. The van der Waals surface area contributed by atoms with Crippen molar-refractivity contribution in [1.29, 1.82) is 5.26 Å². The number of benzene rings is 1. The number of likely N-dealkylation sites (tertiary alicyclic amines) is 1. The molecule has 1 aliphatic heterocycles. The van der Waals surface area contributed by atoms with Crippen molar-refractivity contribution in [3.63, 3.8) is 0 Å². The standard InChI is InChI=1S/C17H13Cl2N3O2/c18-12-1-2-15(19)14(8-12)17(23)22-6-4-13(10-22)24-16-7-11(9-20)3-5-21-16/h1-3,5,7-8,13H,4,6,10H2. The van der Waals surface area contributed by atoms with Crippen LogP contribution in [0, 0.1) is 11.3 Å². The molecular formula is C17H13Cl2N3O2. The van der Waals surface area contributed by atoms with Crippen LogP contribution in [0.1, 0.15) is 22.3 Å². The lowest BCUT2D eigenvalue weighted by molar-refractivity contribution is 0.0771. The summed E-state index contributed by atoms with van der Waals surface area (Å²) >= 11 is 12.0. The third kappa shape index (κ3) is 3.61. The van der Waals surface area contributed by atoms with Crippen LogP contribution in [0.4, 0.5) is 0 Å². The van der Waals surface area contributed by atoms with E-state index in [2.05, 4.69) is 4.98 Å². The number of carbonyl (C=O) groups is 1. The Labute approximate surface area is 149 Å². The first kappa shape index (κ1) is 16.6. The number of pyridine rings is 1. The van der Waals surface area contributed by atoms with Gasteiger partial charge in [0.05, 0.1) is 28.8 Å². The number of nitriles is 1. The highest BCUT2D eigenvalue weighted by molar-refractivity contribution is 6.35. The van der Waals surface area contributed by atoms with Crippen LogP contribution in [0.3, 0.4) is 0 Å². The Morgan fingerprint density at radius 2 is 2.17 bits per heavy atom. The Bertz CT molecular complexity index is 820. The van der Waals surface area contributed by atoms with Crippen molar-refractivity contribution in [2.24, 2.45) is 0 Å². The van der Waals surface area contributed by atoms with Gasteiger partial charge in [0, 0.05) is 30.3 Å². The number of halogens is 2. The number of rotatable bonds is 3. The van der Waals surface area contributed by atoms with Crippen LogP contribution >= 0.6 is 23.2 Å². The van der Waals surface area contributed by atoms with Crippen LogP contribution in [0.5, 0.6) is 5.88 Å². The van der Waals surface area contributed by atoms with E-state index in [0.29, 0.717) is 46.6 Å². The van der Waals surface area contributed by atoms with Crippen LogP contribution < -0.4 is 4.74 Å². The molecule has 1 amide bonds. The second-order valence-electron chi connectivity index (χ2n) is 5.40. The highest BCUT2D eigenvalue weighted by Gasteiger charge is 2.29. The van der Waals surface area contributed by atoms with Gasteiger partial charge in [-0.15, -0.1) is 0 Å². The van der Waals surface area contributed by atoms with Gasteiger partial charge in [-0.3, -0.25) is 4.79 Å². The summed E-state index contributed by atoms with van der Waals surface area (Å²) in [6, 6.07) is 10.1. The zero-order valence-corrected chi connectivity index (χ0v) is 14.1. The highest BCUT2D eigenvalue weighted by Crippen LogP contribution is 2.25. The van der Waals surface area contributed by atoms with Crippen LogP contribution in [0.25, 0.3) is 0 Å². The lowest BCUT2D eigenvalue weighted by atomic mass is 10.2. The van der Waals surface area contributed by atoms with Gasteiger partial charge in [0.1, 0.15) is 6.10 Å². The van der Waals surface area contributed by atoms with Gasteiger partial charge in [0.2, 0.25) is 5.88 Å². The van der Waals surface area contributed by atoms with E-state index in [-0.39, 0.29) is 12.0 Å². The van der Waals surface area contributed by atoms with E-state index in [4.69, 9.17) is 33.2 Å². The van der Waals surface area contributed by atoms with Crippen molar-refractivity contribution in [3.8, 4) is 11.9 Å². The maximum absolute atomic E-state index is 12.6. The second kappa shape index (κ2) is 7.08. The van der Waals surface area contributed by atoms with Gasteiger partial charge in [-0.2, -0.15) is 5.26 Å². The fraction of sp³-hybridized carbons (Fsp3) is 0.235. The molecule has 1 aromatic heterocycles. The SMILES string of the molecule is N#Cc1ccnc(OC2CCN(C(=O)c3cc(Cl)ccc3Cl)C2)c1. The normalized spacial score (nSPS) is 16.7. The molecule has 1 unspecified atom stereocenters. The molecular weight excluding hydrogens is 349 g/mol. The molecule has 1 atom stereocenters. The summed E-state index contributed by atoms with van der Waals surface area (Å²) in [5.74, 6) is 0.210. The first-order chi connectivity index (χ1) is 11.6. The van der Waals surface area contributed by atoms with Gasteiger partial charge in [-0.25, -0.2) is 4.98 Å². The van der Waals surface area contributed by atoms with Crippen molar-refractivity contribution in [3.05, 3.63) is 57.7 Å². The van der Waals surface area contributed by atoms with E-state index in [1.807, 2.05) is 6.07 Å². The van der Waals surface area contributed by atoms with Gasteiger partial charge in [0.25, 0.3) is 5.91 Å². The maximum atomic E-state index is 12.6. The Morgan fingerprint density at radius 1 is 1.33 bits per heavy atom. The molecule has 5 nitrogen and oxygen atoms in total. The topological polar surface area (TPSA) is 66.2 Å². The average molecular weight is 362 g/mol. The molecule has 2 heterocycles. The Kier molecular flexibility index (Phi) is 4.89. The van der Waals surface area contributed by atoms with Crippen molar-refractivity contribution < 1.29 is 9.53 Å². The first-order valence-corrected chi connectivity index (χ1v) is 8.09. The molecule has 1 aliphatic rings. The van der Waals surface area contributed by atoms with Crippen LogP contribution in [0.15, 0.2) is 36.5 Å². The molecule has 24 heavy (non-hydrogen) atoms. The van der Waals surface area contributed by atoms with E-state index in [9.17, 15) is 4.79 Å². The summed E-state index contributed by atoms with van der Waals surface area (Å²) in [7, 11) is 0. The summed E-state index contributed by atoms with van der Waals surface area (Å²) in [6.45, 7) is 0.990. The van der Waals surface area contributed by atoms with Gasteiger partial charge in [-0.1, -0.05) is 23.2 Å². The smallest absolute Gasteiger partial charge is 0.255 e. The van der Waals surface area contributed by atoms with Gasteiger partial charge in [0.15, 0.2) is 0 Å². The fourth-order valence-electron chi connectivity index (χ4n) is 2.55. The average Bonchev–Trinajstić information content (AvgIpc) is 3.05. The fourth-order valence-corrected chi connectivity index (χ4v) is 2.93. The molecule has 3 rings (SSSR count). The highest BCUT2D eigenvalue weighted by atomic mass is 35.5. The summed E-state index contributed by atoms with van der Waals surface area (Å²) in [4.78, 5) is 18.4. The molecule has 1 aromatic carbocycles. The van der Waals surface area contributed by atoms with E-state index < -0.39 is 0 Å². The molecule has 122 valence electrons. The third-order valence-corrected chi connectivity index (χ3v) is 4.31. The number of ether oxygens (including phenoxy) is 1. The van der Waals surface area contributed by atoms with Gasteiger partial charge in [-0.05, 0) is 24.3 Å². The number of amides is 1. The van der Waals surface area contributed by atoms with Crippen LogP contribution in [-0.4, -0.2) is 35.0 Å². The number of nitrogens with zero attached hydrogens (tertiary/aromatic N) is 3. The number of carbonyl (C=O) groups excluding carboxylic acids is 1. The Morgan fingerprint density at radius 3 is 2.96 bits per heavy atom. The predicted octanol–water partition coefficient (Wildman–Crippen LogP) is 3.55. The van der Waals surface area contributed by atoms with Crippen molar-refractivity contribution in [2.75, 3.05) is 13.1 Å². The van der Waals surface area contributed by atoms with Crippen molar-refractivity contribution in [1.82, 2.24) is 9.88 Å².